The number of carbonyl (C=O) groups is 2. The van der Waals surface area contributed by atoms with Crippen molar-refractivity contribution < 1.29 is 9.59 Å². The van der Waals surface area contributed by atoms with E-state index in [1.807, 2.05) is 13.0 Å². The van der Waals surface area contributed by atoms with Crippen LogP contribution in [0.2, 0.25) is 0 Å². The molecule has 0 aliphatic carbocycles. The lowest BCUT2D eigenvalue weighted by atomic mass is 10.2. The molecule has 1 saturated heterocycles. The van der Waals surface area contributed by atoms with Crippen LogP contribution in [0.15, 0.2) is 18.5 Å². The monoisotopic (exact) mass is 219 g/mol. The third-order valence-corrected chi connectivity index (χ3v) is 2.43. The minimum Gasteiger partial charge on any atom is -0.345 e. The van der Waals surface area contributed by atoms with Crippen LogP contribution < -0.4 is 5.32 Å². The summed E-state index contributed by atoms with van der Waals surface area (Å²) in [5.41, 5.74) is 1.99. The van der Waals surface area contributed by atoms with E-state index < -0.39 is 0 Å². The fourth-order valence-corrected chi connectivity index (χ4v) is 1.67. The summed E-state index contributed by atoms with van der Waals surface area (Å²) in [5, 5.41) is 2.51. The van der Waals surface area contributed by atoms with Crippen LogP contribution in [0, 0.1) is 6.92 Å². The predicted octanol–water partition coefficient (Wildman–Crippen LogP) is -0.152. The van der Waals surface area contributed by atoms with Gasteiger partial charge in [-0.25, -0.2) is 0 Å². The van der Waals surface area contributed by atoms with E-state index in [1.54, 1.807) is 12.4 Å². The largest absolute Gasteiger partial charge is 0.345 e. The second kappa shape index (κ2) is 4.30. The molecule has 5 heteroatoms. The second-order valence-corrected chi connectivity index (χ2v) is 3.90. The third kappa shape index (κ3) is 2.36. The van der Waals surface area contributed by atoms with Crippen molar-refractivity contribution >= 4 is 11.8 Å². The normalized spacial score (nSPS) is 16.2. The Labute approximate surface area is 93.5 Å². The van der Waals surface area contributed by atoms with Crippen LogP contribution in [0.5, 0.6) is 0 Å². The number of aryl methyl sites for hydroxylation is 1. The molecule has 2 heterocycles. The van der Waals surface area contributed by atoms with Gasteiger partial charge in [-0.2, -0.15) is 0 Å². The van der Waals surface area contributed by atoms with E-state index in [0.717, 1.165) is 11.1 Å². The Morgan fingerprint density at radius 2 is 2.25 bits per heavy atom. The van der Waals surface area contributed by atoms with Gasteiger partial charge in [0.25, 0.3) is 0 Å². The summed E-state index contributed by atoms with van der Waals surface area (Å²) in [4.78, 5) is 28.3. The van der Waals surface area contributed by atoms with Crippen LogP contribution in [0.25, 0.3) is 0 Å². The quantitative estimate of drug-likeness (QED) is 0.752. The lowest BCUT2D eigenvalue weighted by Crippen LogP contribution is -2.51. The van der Waals surface area contributed by atoms with E-state index in [4.69, 9.17) is 0 Å². The molecule has 1 N–H and O–H groups in total. The second-order valence-electron chi connectivity index (χ2n) is 3.90. The summed E-state index contributed by atoms with van der Waals surface area (Å²) in [6, 6.07) is 1.97. The Morgan fingerprint density at radius 1 is 1.44 bits per heavy atom. The highest BCUT2D eigenvalue weighted by Crippen LogP contribution is 2.07. The average molecular weight is 219 g/mol. The molecule has 1 aromatic rings. The van der Waals surface area contributed by atoms with Gasteiger partial charge < -0.3 is 10.2 Å². The summed E-state index contributed by atoms with van der Waals surface area (Å²) in [5.74, 6) is -0.165. The van der Waals surface area contributed by atoms with Gasteiger partial charge >= 0.3 is 0 Å². The number of carbonyl (C=O) groups excluding carboxylic acids is 2. The highest BCUT2D eigenvalue weighted by atomic mass is 16.2. The zero-order valence-corrected chi connectivity index (χ0v) is 9.06. The molecule has 5 nitrogen and oxygen atoms in total. The number of aromatic nitrogens is 1. The molecule has 2 amide bonds. The van der Waals surface area contributed by atoms with E-state index >= 15 is 0 Å². The maximum absolute atomic E-state index is 11.5. The summed E-state index contributed by atoms with van der Waals surface area (Å²) in [6.45, 7) is 2.62. The van der Waals surface area contributed by atoms with Crippen molar-refractivity contribution in [3.63, 3.8) is 0 Å². The first-order valence-electron chi connectivity index (χ1n) is 5.10. The van der Waals surface area contributed by atoms with Gasteiger partial charge in [-0.05, 0) is 18.1 Å². The van der Waals surface area contributed by atoms with Crippen molar-refractivity contribution in [2.24, 2.45) is 0 Å². The summed E-state index contributed by atoms with van der Waals surface area (Å²) >= 11 is 0. The Bertz CT molecular complexity index is 431. The standard InChI is InChI=1S/C11H13N3O2/c1-8-2-9(4-12-3-8)6-14-7-10(15)13-5-11(14)16/h2-4H,5-7H2,1H3,(H,13,15). The van der Waals surface area contributed by atoms with Gasteiger partial charge in [0.05, 0.1) is 13.1 Å². The molecule has 0 radical (unpaired) electrons. The highest BCUT2D eigenvalue weighted by molar-refractivity contribution is 5.92. The van der Waals surface area contributed by atoms with Gasteiger partial charge in [-0.15, -0.1) is 0 Å². The number of pyridine rings is 1. The van der Waals surface area contributed by atoms with Gasteiger partial charge in [0.2, 0.25) is 11.8 Å². The molecule has 84 valence electrons. The molecule has 0 aromatic carbocycles. The van der Waals surface area contributed by atoms with E-state index in [0.29, 0.717) is 6.54 Å². The topological polar surface area (TPSA) is 62.3 Å². The SMILES string of the molecule is Cc1cncc(CN2CC(=O)NCC2=O)c1. The van der Waals surface area contributed by atoms with Crippen LogP contribution in [-0.2, 0) is 16.1 Å². The first-order chi connectivity index (χ1) is 7.65. The molecular weight excluding hydrogens is 206 g/mol. The molecule has 1 fully saturated rings. The van der Waals surface area contributed by atoms with Gasteiger partial charge in [-0.3, -0.25) is 14.6 Å². The maximum atomic E-state index is 11.5. The van der Waals surface area contributed by atoms with Crippen molar-refractivity contribution in [3.05, 3.63) is 29.6 Å². The molecule has 1 aliphatic heterocycles. The zero-order valence-electron chi connectivity index (χ0n) is 9.06. The molecule has 16 heavy (non-hydrogen) atoms. The number of hydrogen-bond donors (Lipinski definition) is 1. The first kappa shape index (κ1) is 10.6. The minimum absolute atomic E-state index is 0.0545. The minimum atomic E-state index is -0.111. The molecular formula is C11H13N3O2. The van der Waals surface area contributed by atoms with Crippen molar-refractivity contribution in [2.45, 2.75) is 13.5 Å². The number of nitrogens with one attached hydrogen (secondary N) is 1. The molecule has 1 aromatic heterocycles. The van der Waals surface area contributed by atoms with E-state index in [2.05, 4.69) is 10.3 Å². The molecule has 0 unspecified atom stereocenters. The highest BCUT2D eigenvalue weighted by Gasteiger charge is 2.22. The van der Waals surface area contributed by atoms with Crippen molar-refractivity contribution in [1.29, 1.82) is 0 Å². The maximum Gasteiger partial charge on any atom is 0.242 e. The lowest BCUT2D eigenvalue weighted by Gasteiger charge is -2.26. The van der Waals surface area contributed by atoms with Crippen LogP contribution in [0.3, 0.4) is 0 Å². The molecule has 0 atom stereocenters. The van der Waals surface area contributed by atoms with Gasteiger partial charge in [0.1, 0.15) is 0 Å². The lowest BCUT2D eigenvalue weighted by molar-refractivity contribution is -0.141. The summed E-state index contributed by atoms with van der Waals surface area (Å²) in [6.07, 6.45) is 3.47. The molecule has 0 bridgehead atoms. The van der Waals surface area contributed by atoms with Crippen LogP contribution >= 0.6 is 0 Å². The first-order valence-corrected chi connectivity index (χ1v) is 5.10. The Morgan fingerprint density at radius 3 is 3.00 bits per heavy atom. The summed E-state index contributed by atoms with van der Waals surface area (Å²) in [7, 11) is 0. The molecule has 1 aliphatic rings. The smallest absolute Gasteiger partial charge is 0.242 e. The molecule has 0 saturated carbocycles. The Kier molecular flexibility index (Phi) is 2.85. The van der Waals surface area contributed by atoms with Crippen molar-refractivity contribution in [1.82, 2.24) is 15.2 Å². The van der Waals surface area contributed by atoms with Crippen LogP contribution in [-0.4, -0.2) is 34.8 Å². The van der Waals surface area contributed by atoms with Crippen LogP contribution in [0.4, 0.5) is 0 Å². The van der Waals surface area contributed by atoms with Gasteiger partial charge in [0, 0.05) is 18.9 Å². The third-order valence-electron chi connectivity index (χ3n) is 2.43. The van der Waals surface area contributed by atoms with E-state index in [-0.39, 0.29) is 24.9 Å². The Hall–Kier alpha value is -1.91. The Balaban J connectivity index is 2.08. The summed E-state index contributed by atoms with van der Waals surface area (Å²) < 4.78 is 0. The fourth-order valence-electron chi connectivity index (χ4n) is 1.67. The van der Waals surface area contributed by atoms with Crippen molar-refractivity contribution in [2.75, 3.05) is 13.1 Å². The zero-order chi connectivity index (χ0) is 11.5. The number of hydrogen-bond acceptors (Lipinski definition) is 3. The number of rotatable bonds is 2. The molecule has 0 spiro atoms. The molecule has 2 rings (SSSR count). The number of piperazine rings is 1. The van der Waals surface area contributed by atoms with Gasteiger partial charge in [0.15, 0.2) is 0 Å². The van der Waals surface area contributed by atoms with Crippen LogP contribution in [0.1, 0.15) is 11.1 Å². The average Bonchev–Trinajstić information content (AvgIpc) is 2.24. The van der Waals surface area contributed by atoms with Crippen molar-refractivity contribution in [3.8, 4) is 0 Å². The van der Waals surface area contributed by atoms with E-state index in [9.17, 15) is 9.59 Å². The number of amides is 2. The fraction of sp³-hybridized carbons (Fsp3) is 0.364. The predicted molar refractivity (Wildman–Crippen MR) is 57.4 cm³/mol. The van der Waals surface area contributed by atoms with E-state index in [1.165, 1.54) is 4.90 Å². The number of nitrogens with zero attached hydrogens (tertiary/aromatic N) is 2. The van der Waals surface area contributed by atoms with Gasteiger partial charge in [-0.1, -0.05) is 6.07 Å².